The number of likely N-dealkylation sites (tertiary alicyclic amines) is 1. The third kappa shape index (κ3) is 3.22. The lowest BCUT2D eigenvalue weighted by Crippen LogP contribution is -2.26. The minimum atomic E-state index is 0.590. The summed E-state index contributed by atoms with van der Waals surface area (Å²) >= 11 is 0. The Balaban J connectivity index is 1.78. The van der Waals surface area contributed by atoms with E-state index in [2.05, 4.69) is 51.0 Å². The fourth-order valence-electron chi connectivity index (χ4n) is 4.71. The minimum Gasteiger partial charge on any atom is -0.299 e. The van der Waals surface area contributed by atoms with E-state index >= 15 is 0 Å². The molecule has 0 aromatic carbocycles. The van der Waals surface area contributed by atoms with E-state index < -0.39 is 0 Å². The van der Waals surface area contributed by atoms with Crippen molar-refractivity contribution in [2.45, 2.75) is 64.8 Å². The summed E-state index contributed by atoms with van der Waals surface area (Å²) in [7, 11) is 2.24. The van der Waals surface area contributed by atoms with Gasteiger partial charge in [0, 0.05) is 23.9 Å². The Labute approximate surface area is 136 Å². The van der Waals surface area contributed by atoms with Crippen molar-refractivity contribution in [1.82, 2.24) is 9.88 Å². The Morgan fingerprint density at radius 1 is 1.18 bits per heavy atom. The van der Waals surface area contributed by atoms with Crippen LogP contribution >= 0.6 is 0 Å². The van der Waals surface area contributed by atoms with Crippen LogP contribution in [0.2, 0.25) is 0 Å². The molecule has 0 bridgehead atoms. The zero-order valence-electron chi connectivity index (χ0n) is 14.8. The summed E-state index contributed by atoms with van der Waals surface area (Å²) in [5, 5.41) is 0. The number of pyridine rings is 1. The van der Waals surface area contributed by atoms with E-state index in [1.807, 2.05) is 0 Å². The van der Waals surface area contributed by atoms with Gasteiger partial charge in [0.15, 0.2) is 0 Å². The molecule has 1 aliphatic heterocycles. The first-order valence-corrected chi connectivity index (χ1v) is 9.22. The first-order chi connectivity index (χ1) is 10.6. The normalized spacial score (nSPS) is 33.5. The van der Waals surface area contributed by atoms with Gasteiger partial charge in [-0.3, -0.25) is 9.88 Å². The van der Waals surface area contributed by atoms with E-state index in [1.54, 1.807) is 0 Å². The molecule has 4 unspecified atom stereocenters. The number of rotatable bonds is 3. The highest BCUT2D eigenvalue weighted by Gasteiger charge is 2.32. The van der Waals surface area contributed by atoms with Crippen molar-refractivity contribution in [2.75, 3.05) is 13.6 Å². The van der Waals surface area contributed by atoms with Crippen molar-refractivity contribution in [3.05, 3.63) is 29.6 Å². The van der Waals surface area contributed by atoms with Crippen LogP contribution in [0.5, 0.6) is 0 Å². The van der Waals surface area contributed by atoms with Crippen LogP contribution in [0.1, 0.15) is 76.1 Å². The predicted molar refractivity (Wildman–Crippen MR) is 92.9 cm³/mol. The molecule has 0 radical (unpaired) electrons. The number of hydrogen-bond donors (Lipinski definition) is 0. The zero-order valence-corrected chi connectivity index (χ0v) is 14.8. The van der Waals surface area contributed by atoms with Gasteiger partial charge in [-0.25, -0.2) is 0 Å². The zero-order chi connectivity index (χ0) is 15.7. The van der Waals surface area contributed by atoms with Crippen molar-refractivity contribution in [3.63, 3.8) is 0 Å². The lowest BCUT2D eigenvalue weighted by atomic mass is 9.69. The number of aromatic nitrogens is 1. The minimum absolute atomic E-state index is 0.590. The molecule has 2 heteroatoms. The predicted octanol–water partition coefficient (Wildman–Crippen LogP) is 5.02. The maximum atomic E-state index is 4.92. The fourth-order valence-corrected chi connectivity index (χ4v) is 4.71. The Bertz CT molecular complexity index is 479. The van der Waals surface area contributed by atoms with Gasteiger partial charge in [-0.05, 0) is 68.7 Å². The molecule has 22 heavy (non-hydrogen) atoms. The van der Waals surface area contributed by atoms with E-state index in [-0.39, 0.29) is 0 Å². The Morgan fingerprint density at radius 2 is 2.00 bits per heavy atom. The average molecular weight is 300 g/mol. The second-order valence-corrected chi connectivity index (χ2v) is 8.09. The van der Waals surface area contributed by atoms with Gasteiger partial charge in [-0.1, -0.05) is 33.3 Å². The van der Waals surface area contributed by atoms with Gasteiger partial charge in [0.25, 0.3) is 0 Å². The molecule has 1 saturated heterocycles. The molecule has 122 valence electrons. The molecule has 1 aromatic heterocycles. The summed E-state index contributed by atoms with van der Waals surface area (Å²) in [5.41, 5.74) is 2.75. The van der Waals surface area contributed by atoms with Gasteiger partial charge in [0.05, 0.1) is 0 Å². The van der Waals surface area contributed by atoms with Crippen LogP contribution < -0.4 is 0 Å². The SMILES string of the molecule is CC1CCC(C(C)C)C(c2ccc(C3CCCN3C)cn2)C1. The monoisotopic (exact) mass is 300 g/mol. The Morgan fingerprint density at radius 3 is 2.59 bits per heavy atom. The van der Waals surface area contributed by atoms with Gasteiger partial charge in [0.1, 0.15) is 0 Å². The van der Waals surface area contributed by atoms with Gasteiger partial charge in [-0.15, -0.1) is 0 Å². The molecule has 3 rings (SSSR count). The van der Waals surface area contributed by atoms with Crippen molar-refractivity contribution < 1.29 is 0 Å². The summed E-state index contributed by atoms with van der Waals surface area (Å²) in [4.78, 5) is 7.39. The van der Waals surface area contributed by atoms with E-state index in [4.69, 9.17) is 4.98 Å². The van der Waals surface area contributed by atoms with Crippen molar-refractivity contribution in [3.8, 4) is 0 Å². The van der Waals surface area contributed by atoms with E-state index in [1.165, 1.54) is 49.9 Å². The van der Waals surface area contributed by atoms with Crippen molar-refractivity contribution in [2.24, 2.45) is 17.8 Å². The summed E-state index contributed by atoms with van der Waals surface area (Å²) in [6, 6.07) is 5.28. The maximum Gasteiger partial charge on any atom is 0.0437 e. The largest absolute Gasteiger partial charge is 0.299 e. The standard InChI is InChI=1S/C20H32N2/c1-14(2)17-9-7-15(3)12-18(17)19-10-8-16(13-21-19)20-6-5-11-22(20)4/h8,10,13-15,17-18,20H,5-7,9,11-12H2,1-4H3. The topological polar surface area (TPSA) is 16.1 Å². The number of hydrogen-bond acceptors (Lipinski definition) is 2. The molecule has 0 amide bonds. The summed E-state index contributed by atoms with van der Waals surface area (Å²) in [5.74, 6) is 3.09. The Kier molecular flexibility index (Phi) is 4.87. The molecule has 2 heterocycles. The molecule has 2 fully saturated rings. The van der Waals surface area contributed by atoms with Crippen LogP contribution in [-0.2, 0) is 0 Å². The smallest absolute Gasteiger partial charge is 0.0437 e. The van der Waals surface area contributed by atoms with Crippen molar-refractivity contribution >= 4 is 0 Å². The summed E-state index contributed by atoms with van der Waals surface area (Å²) < 4.78 is 0. The van der Waals surface area contributed by atoms with Crippen LogP contribution in [0.25, 0.3) is 0 Å². The Hall–Kier alpha value is -0.890. The summed E-state index contributed by atoms with van der Waals surface area (Å²) in [6.45, 7) is 8.40. The highest BCUT2D eigenvalue weighted by atomic mass is 15.1. The third-order valence-electron chi connectivity index (χ3n) is 6.12. The van der Waals surface area contributed by atoms with Gasteiger partial charge in [-0.2, -0.15) is 0 Å². The van der Waals surface area contributed by atoms with Gasteiger partial charge in [0.2, 0.25) is 0 Å². The lowest BCUT2D eigenvalue weighted by molar-refractivity contribution is 0.194. The third-order valence-corrected chi connectivity index (χ3v) is 6.12. The second-order valence-electron chi connectivity index (χ2n) is 8.09. The molecule has 2 aliphatic rings. The van der Waals surface area contributed by atoms with Crippen LogP contribution in [-0.4, -0.2) is 23.5 Å². The summed E-state index contributed by atoms with van der Waals surface area (Å²) in [6.07, 6.45) is 8.85. The fraction of sp³-hybridized carbons (Fsp3) is 0.750. The molecule has 4 atom stereocenters. The van der Waals surface area contributed by atoms with Gasteiger partial charge >= 0.3 is 0 Å². The van der Waals surface area contributed by atoms with Crippen LogP contribution in [0.15, 0.2) is 18.3 Å². The molecular formula is C20H32N2. The van der Waals surface area contributed by atoms with E-state index in [0.717, 1.165) is 17.8 Å². The second kappa shape index (κ2) is 6.70. The molecule has 1 aromatic rings. The average Bonchev–Trinajstić information content (AvgIpc) is 2.93. The highest BCUT2D eigenvalue weighted by molar-refractivity contribution is 5.22. The van der Waals surface area contributed by atoms with Crippen LogP contribution in [0.3, 0.4) is 0 Å². The lowest BCUT2D eigenvalue weighted by Gasteiger charge is -2.37. The van der Waals surface area contributed by atoms with E-state index in [9.17, 15) is 0 Å². The van der Waals surface area contributed by atoms with Crippen molar-refractivity contribution in [1.29, 1.82) is 0 Å². The first kappa shape index (κ1) is 16.0. The first-order valence-electron chi connectivity index (χ1n) is 9.22. The molecular weight excluding hydrogens is 268 g/mol. The molecule has 1 aliphatic carbocycles. The quantitative estimate of drug-likeness (QED) is 0.779. The van der Waals surface area contributed by atoms with Crippen LogP contribution in [0.4, 0.5) is 0 Å². The molecule has 1 saturated carbocycles. The maximum absolute atomic E-state index is 4.92. The van der Waals surface area contributed by atoms with Gasteiger partial charge < -0.3 is 0 Å². The van der Waals surface area contributed by atoms with Crippen LogP contribution in [0, 0.1) is 17.8 Å². The van der Waals surface area contributed by atoms with E-state index in [0.29, 0.717) is 12.0 Å². The molecule has 0 spiro atoms. The molecule has 2 nitrogen and oxygen atoms in total. The number of nitrogens with zero attached hydrogens (tertiary/aromatic N) is 2. The molecule has 0 N–H and O–H groups in total. The highest BCUT2D eigenvalue weighted by Crippen LogP contribution is 2.43.